The summed E-state index contributed by atoms with van der Waals surface area (Å²) in [6, 6.07) is 0. The fourth-order valence-electron chi connectivity index (χ4n) is 2.31. The molecule has 0 spiro atoms. The van der Waals surface area contributed by atoms with Crippen molar-refractivity contribution in [3.63, 3.8) is 0 Å². The van der Waals surface area contributed by atoms with E-state index in [1.807, 2.05) is 0 Å². The van der Waals surface area contributed by atoms with Gasteiger partial charge in [0, 0.05) is 26.2 Å². The standard InChI is InChI=1S/C12H23NO2/c1-2-3-7-15-8-6-13-9-12(14,10-13)11-4-5-11/h11,14H,2-10H2,1H3. The number of unbranched alkanes of at least 4 members (excludes halogenated alkanes) is 1. The molecule has 1 N–H and O–H groups in total. The minimum atomic E-state index is -0.330. The van der Waals surface area contributed by atoms with E-state index in [1.54, 1.807) is 0 Å². The highest BCUT2D eigenvalue weighted by Crippen LogP contribution is 2.44. The molecular formula is C12H23NO2. The Labute approximate surface area is 92.4 Å². The summed E-state index contributed by atoms with van der Waals surface area (Å²) in [5.41, 5.74) is -0.330. The van der Waals surface area contributed by atoms with E-state index >= 15 is 0 Å². The monoisotopic (exact) mass is 213 g/mol. The molecule has 88 valence electrons. The normalized spacial score (nSPS) is 25.2. The van der Waals surface area contributed by atoms with Crippen molar-refractivity contribution in [3.05, 3.63) is 0 Å². The Morgan fingerprint density at radius 1 is 1.33 bits per heavy atom. The maximum absolute atomic E-state index is 10.1. The van der Waals surface area contributed by atoms with Crippen LogP contribution in [0.5, 0.6) is 0 Å². The second-order valence-electron chi connectivity index (χ2n) is 5.05. The molecule has 2 fully saturated rings. The van der Waals surface area contributed by atoms with Crippen molar-refractivity contribution in [1.29, 1.82) is 0 Å². The van der Waals surface area contributed by atoms with E-state index in [2.05, 4.69) is 11.8 Å². The Balaban J connectivity index is 1.48. The second-order valence-corrected chi connectivity index (χ2v) is 5.05. The summed E-state index contributed by atoms with van der Waals surface area (Å²) in [5, 5.41) is 10.1. The Morgan fingerprint density at radius 3 is 2.67 bits per heavy atom. The number of nitrogens with zero attached hydrogens (tertiary/aromatic N) is 1. The van der Waals surface area contributed by atoms with Gasteiger partial charge in [-0.3, -0.25) is 4.90 Å². The van der Waals surface area contributed by atoms with Crippen molar-refractivity contribution >= 4 is 0 Å². The fraction of sp³-hybridized carbons (Fsp3) is 1.00. The largest absolute Gasteiger partial charge is 0.387 e. The summed E-state index contributed by atoms with van der Waals surface area (Å²) in [5.74, 6) is 0.606. The molecule has 0 radical (unpaired) electrons. The van der Waals surface area contributed by atoms with E-state index in [9.17, 15) is 5.11 Å². The summed E-state index contributed by atoms with van der Waals surface area (Å²) in [6.45, 7) is 6.61. The third-order valence-electron chi connectivity index (χ3n) is 3.53. The number of β-amino-alcohol motifs (C(OH)–C–C–N with tert-alkyl or cyclic N) is 1. The van der Waals surface area contributed by atoms with Crippen LogP contribution in [-0.2, 0) is 4.74 Å². The van der Waals surface area contributed by atoms with Crippen LogP contribution in [0, 0.1) is 5.92 Å². The summed E-state index contributed by atoms with van der Waals surface area (Å²) in [7, 11) is 0. The number of hydrogen-bond donors (Lipinski definition) is 1. The second kappa shape index (κ2) is 4.81. The Bertz CT molecular complexity index is 198. The molecule has 1 saturated heterocycles. The van der Waals surface area contributed by atoms with Gasteiger partial charge in [0.2, 0.25) is 0 Å². The first-order chi connectivity index (χ1) is 7.24. The molecule has 0 aromatic heterocycles. The highest BCUT2D eigenvalue weighted by Gasteiger charge is 2.51. The number of ether oxygens (including phenoxy) is 1. The molecular weight excluding hydrogens is 190 g/mol. The smallest absolute Gasteiger partial charge is 0.0928 e. The molecule has 1 aliphatic heterocycles. The number of rotatable bonds is 7. The van der Waals surface area contributed by atoms with Crippen molar-refractivity contribution in [3.8, 4) is 0 Å². The van der Waals surface area contributed by atoms with Crippen LogP contribution >= 0.6 is 0 Å². The Hall–Kier alpha value is -0.120. The van der Waals surface area contributed by atoms with Gasteiger partial charge in [-0.15, -0.1) is 0 Å². The van der Waals surface area contributed by atoms with E-state index in [4.69, 9.17) is 4.74 Å². The van der Waals surface area contributed by atoms with Crippen molar-refractivity contribution in [2.75, 3.05) is 32.8 Å². The van der Waals surface area contributed by atoms with Crippen molar-refractivity contribution < 1.29 is 9.84 Å². The van der Waals surface area contributed by atoms with Gasteiger partial charge in [-0.05, 0) is 25.2 Å². The van der Waals surface area contributed by atoms with Gasteiger partial charge in [0.05, 0.1) is 12.2 Å². The number of likely N-dealkylation sites (tertiary alicyclic amines) is 1. The molecule has 3 heteroatoms. The topological polar surface area (TPSA) is 32.7 Å². The van der Waals surface area contributed by atoms with Gasteiger partial charge in [-0.25, -0.2) is 0 Å². The molecule has 0 aromatic rings. The van der Waals surface area contributed by atoms with Crippen LogP contribution in [0.3, 0.4) is 0 Å². The van der Waals surface area contributed by atoms with Gasteiger partial charge in [0.15, 0.2) is 0 Å². The molecule has 15 heavy (non-hydrogen) atoms. The lowest BCUT2D eigenvalue weighted by molar-refractivity contribution is -0.118. The lowest BCUT2D eigenvalue weighted by atomic mass is 9.89. The molecule has 2 rings (SSSR count). The summed E-state index contributed by atoms with van der Waals surface area (Å²) < 4.78 is 5.50. The van der Waals surface area contributed by atoms with Crippen LogP contribution in [0.25, 0.3) is 0 Å². The Kier molecular flexibility index (Phi) is 3.65. The molecule has 2 aliphatic rings. The molecule has 0 atom stereocenters. The van der Waals surface area contributed by atoms with Crippen LogP contribution in [0.15, 0.2) is 0 Å². The molecule has 0 aromatic carbocycles. The zero-order valence-corrected chi connectivity index (χ0v) is 9.74. The molecule has 0 amide bonds. The molecule has 0 unspecified atom stereocenters. The third-order valence-corrected chi connectivity index (χ3v) is 3.53. The predicted octanol–water partition coefficient (Wildman–Crippen LogP) is 1.26. The van der Waals surface area contributed by atoms with Crippen LogP contribution in [0.1, 0.15) is 32.6 Å². The van der Waals surface area contributed by atoms with Gasteiger partial charge < -0.3 is 9.84 Å². The van der Waals surface area contributed by atoms with E-state index in [0.29, 0.717) is 5.92 Å². The first kappa shape index (κ1) is 11.4. The average molecular weight is 213 g/mol. The van der Waals surface area contributed by atoms with E-state index < -0.39 is 0 Å². The molecule has 0 bridgehead atoms. The lowest BCUT2D eigenvalue weighted by Gasteiger charge is -2.47. The van der Waals surface area contributed by atoms with Crippen LogP contribution in [0.2, 0.25) is 0 Å². The highest BCUT2D eigenvalue weighted by molar-refractivity contribution is 5.05. The maximum atomic E-state index is 10.1. The van der Waals surface area contributed by atoms with Gasteiger partial charge in [0.25, 0.3) is 0 Å². The minimum absolute atomic E-state index is 0.330. The van der Waals surface area contributed by atoms with E-state index in [1.165, 1.54) is 19.3 Å². The summed E-state index contributed by atoms with van der Waals surface area (Å²) >= 11 is 0. The fourth-order valence-corrected chi connectivity index (χ4v) is 2.31. The van der Waals surface area contributed by atoms with Crippen LogP contribution in [-0.4, -0.2) is 48.5 Å². The highest BCUT2D eigenvalue weighted by atomic mass is 16.5. The predicted molar refractivity (Wildman–Crippen MR) is 59.8 cm³/mol. The number of hydrogen-bond acceptors (Lipinski definition) is 3. The maximum Gasteiger partial charge on any atom is 0.0928 e. The van der Waals surface area contributed by atoms with E-state index in [0.717, 1.165) is 39.3 Å². The van der Waals surface area contributed by atoms with Gasteiger partial charge in [-0.1, -0.05) is 13.3 Å². The summed E-state index contributed by atoms with van der Waals surface area (Å²) in [6.07, 6.45) is 4.83. The average Bonchev–Trinajstić information content (AvgIpc) is 2.97. The molecule has 1 saturated carbocycles. The summed E-state index contributed by atoms with van der Waals surface area (Å²) in [4.78, 5) is 2.30. The molecule has 1 heterocycles. The quantitative estimate of drug-likeness (QED) is 0.646. The number of aliphatic hydroxyl groups is 1. The van der Waals surface area contributed by atoms with Crippen LogP contribution < -0.4 is 0 Å². The third kappa shape index (κ3) is 2.92. The van der Waals surface area contributed by atoms with Crippen molar-refractivity contribution in [2.45, 2.75) is 38.2 Å². The Morgan fingerprint density at radius 2 is 2.07 bits per heavy atom. The first-order valence-corrected chi connectivity index (χ1v) is 6.27. The van der Waals surface area contributed by atoms with Gasteiger partial charge >= 0.3 is 0 Å². The lowest BCUT2D eigenvalue weighted by Crippen LogP contribution is -2.63. The van der Waals surface area contributed by atoms with Crippen molar-refractivity contribution in [2.24, 2.45) is 5.92 Å². The van der Waals surface area contributed by atoms with Gasteiger partial charge in [0.1, 0.15) is 0 Å². The van der Waals surface area contributed by atoms with Crippen molar-refractivity contribution in [1.82, 2.24) is 4.90 Å². The van der Waals surface area contributed by atoms with Crippen LogP contribution in [0.4, 0.5) is 0 Å². The van der Waals surface area contributed by atoms with E-state index in [-0.39, 0.29) is 5.60 Å². The molecule has 3 nitrogen and oxygen atoms in total. The zero-order valence-electron chi connectivity index (χ0n) is 9.74. The SMILES string of the molecule is CCCCOCCN1CC(O)(C2CC2)C1. The minimum Gasteiger partial charge on any atom is -0.387 e. The van der Waals surface area contributed by atoms with Gasteiger partial charge in [-0.2, -0.15) is 0 Å². The zero-order chi connectivity index (χ0) is 10.7. The first-order valence-electron chi connectivity index (χ1n) is 6.27. The molecule has 1 aliphatic carbocycles.